The minimum Gasteiger partial charge on any atom is -0.493 e. The van der Waals surface area contributed by atoms with E-state index < -0.39 is 107 Å². The molecule has 0 radical (unpaired) electrons. The number of methoxy groups -OCH3 is 4. The molecular weight excluding hydrogens is 1120 g/mol. The Morgan fingerprint density at radius 2 is 1.52 bits per heavy atom. The van der Waals surface area contributed by atoms with Crippen LogP contribution in [0.4, 0.5) is 5.69 Å². The van der Waals surface area contributed by atoms with E-state index in [0.717, 1.165) is 31.4 Å². The van der Waals surface area contributed by atoms with Crippen LogP contribution in [0, 0.1) is 29.6 Å². The van der Waals surface area contributed by atoms with Gasteiger partial charge in [-0.15, -0.1) is 11.8 Å². The number of pyridine rings is 1. The number of hydrogen-bond acceptors (Lipinski definition) is 19. The van der Waals surface area contributed by atoms with Crippen molar-refractivity contribution in [1.82, 2.24) is 9.88 Å². The van der Waals surface area contributed by atoms with Crippen molar-refractivity contribution in [1.29, 1.82) is 0 Å². The van der Waals surface area contributed by atoms with Crippen molar-refractivity contribution in [3.63, 3.8) is 0 Å². The summed E-state index contributed by atoms with van der Waals surface area (Å²) in [4.78, 5) is 54.0. The van der Waals surface area contributed by atoms with Crippen LogP contribution in [0.1, 0.15) is 126 Å². The van der Waals surface area contributed by atoms with E-state index >= 15 is 9.59 Å². The Bertz CT molecular complexity index is 2460. The number of carbonyl (C=O) groups is 3. The summed E-state index contributed by atoms with van der Waals surface area (Å²) < 4.78 is 71.5. The number of aromatic nitrogens is 1. The summed E-state index contributed by atoms with van der Waals surface area (Å²) in [7, 11) is 10.3. The third-order valence-corrected chi connectivity index (χ3v) is 20.5. The number of nitrogens with zero attached hydrogens (tertiary/aromatic N) is 3. The van der Waals surface area contributed by atoms with Crippen LogP contribution in [0.5, 0.6) is 11.5 Å². The van der Waals surface area contributed by atoms with Gasteiger partial charge in [0, 0.05) is 106 Å². The molecule has 0 bridgehead atoms. The molecule has 4 saturated heterocycles. The summed E-state index contributed by atoms with van der Waals surface area (Å²) in [6, 6.07) is 5.45. The van der Waals surface area contributed by atoms with E-state index in [2.05, 4.69) is 9.88 Å². The van der Waals surface area contributed by atoms with Gasteiger partial charge in [-0.1, -0.05) is 50.9 Å². The molecule has 18 nitrogen and oxygen atoms in total. The first-order chi connectivity index (χ1) is 38.8. The van der Waals surface area contributed by atoms with Crippen molar-refractivity contribution in [2.75, 3.05) is 59.7 Å². The van der Waals surface area contributed by atoms with Gasteiger partial charge in [0.25, 0.3) is 0 Å². The first kappa shape index (κ1) is 66.5. The van der Waals surface area contributed by atoms with Crippen LogP contribution in [-0.4, -0.2) is 177 Å². The molecule has 1 aromatic carbocycles. The van der Waals surface area contributed by atoms with E-state index in [4.69, 9.17) is 75.3 Å². The first-order valence-corrected chi connectivity index (χ1v) is 31.1. The van der Waals surface area contributed by atoms with Gasteiger partial charge in [-0.3, -0.25) is 24.3 Å². The van der Waals surface area contributed by atoms with Crippen molar-refractivity contribution in [3.8, 4) is 11.5 Å². The highest BCUT2D eigenvalue weighted by Gasteiger charge is 2.62. The number of esters is 2. The number of aliphatic hydroxyl groups excluding tert-OH is 1. The van der Waals surface area contributed by atoms with Gasteiger partial charge in [-0.2, -0.15) is 0 Å². The zero-order valence-electron chi connectivity index (χ0n) is 51.1. The number of carbonyl (C=O) groups excluding carboxylic acids is 3. The van der Waals surface area contributed by atoms with Gasteiger partial charge in [0.1, 0.15) is 23.2 Å². The molecule has 4 aliphatic heterocycles. The summed E-state index contributed by atoms with van der Waals surface area (Å²) in [5.74, 6) is -3.55. The lowest BCUT2D eigenvalue weighted by Crippen LogP contribution is -2.62. The number of ketones is 1. The Morgan fingerprint density at radius 3 is 2.13 bits per heavy atom. The van der Waals surface area contributed by atoms with Gasteiger partial charge in [0.2, 0.25) is 0 Å². The number of fused-ring (bicyclic) bond motifs is 1. The highest BCUT2D eigenvalue weighted by Crippen LogP contribution is 2.50. The largest absolute Gasteiger partial charge is 0.493 e. The highest BCUT2D eigenvalue weighted by molar-refractivity contribution is 8.00. The van der Waals surface area contributed by atoms with Crippen molar-refractivity contribution < 1.29 is 71.6 Å². The molecule has 5 heterocycles. The maximum absolute atomic E-state index is 15.6. The smallest absolute Gasteiger partial charge is 0.320 e. The molecule has 462 valence electrons. The van der Waals surface area contributed by atoms with Crippen LogP contribution < -0.4 is 14.4 Å². The van der Waals surface area contributed by atoms with E-state index in [0.29, 0.717) is 52.4 Å². The van der Waals surface area contributed by atoms with Gasteiger partial charge >= 0.3 is 11.9 Å². The molecule has 0 unspecified atom stereocenters. The lowest BCUT2D eigenvalue weighted by Gasteiger charge is -2.50. The molecule has 0 amide bonds. The number of thioether (sulfide) groups is 1. The lowest BCUT2D eigenvalue weighted by molar-refractivity contribution is -0.316. The molecule has 82 heavy (non-hydrogen) atoms. The monoisotopic (exact) mass is 1210 g/mol. The Hall–Kier alpha value is -3.05. The molecule has 5 aliphatic rings. The third kappa shape index (κ3) is 14.3. The second-order valence-electron chi connectivity index (χ2n) is 24.5. The van der Waals surface area contributed by atoms with E-state index in [1.807, 2.05) is 78.7 Å². The summed E-state index contributed by atoms with van der Waals surface area (Å²) in [5.41, 5.74) is -2.27. The molecular formula is C61H93Cl2N3O15S. The summed E-state index contributed by atoms with van der Waals surface area (Å²) in [6.07, 6.45) is 1.58. The molecule has 1 N–H and O–H groups in total. The van der Waals surface area contributed by atoms with Crippen LogP contribution in [0.25, 0.3) is 0 Å². The Morgan fingerprint density at radius 1 is 0.854 bits per heavy atom. The normalized spacial score (nSPS) is 38.0. The number of benzene rings is 1. The number of likely N-dealkylation sites (N-methyl/N-ethyl adjacent to an activating group) is 1. The average molecular weight is 1210 g/mol. The minimum absolute atomic E-state index is 0.0712. The van der Waals surface area contributed by atoms with E-state index in [1.54, 1.807) is 61.4 Å². The number of hydrogen-bond donors (Lipinski definition) is 1. The van der Waals surface area contributed by atoms with Gasteiger partial charge in [-0.05, 0) is 106 Å². The topological polar surface area (TPSA) is 192 Å². The van der Waals surface area contributed by atoms with Gasteiger partial charge in [0.15, 0.2) is 29.7 Å². The molecule has 5 fully saturated rings. The van der Waals surface area contributed by atoms with Crippen molar-refractivity contribution in [2.45, 2.75) is 217 Å². The lowest BCUT2D eigenvalue weighted by atomic mass is 9.70. The maximum Gasteiger partial charge on any atom is 0.320 e. The molecule has 21 heteroatoms. The molecule has 19 atom stereocenters. The van der Waals surface area contributed by atoms with Crippen LogP contribution in [0.15, 0.2) is 30.6 Å². The van der Waals surface area contributed by atoms with Crippen molar-refractivity contribution in [2.24, 2.45) is 29.6 Å². The van der Waals surface area contributed by atoms with E-state index in [-0.39, 0.29) is 49.4 Å². The number of Topliss-reactive ketones (excluding diaryl/α,β-unsaturated/α-hetero) is 1. The number of ether oxygens (including phenoxy) is 11. The summed E-state index contributed by atoms with van der Waals surface area (Å²) >= 11 is 14.9. The predicted molar refractivity (Wildman–Crippen MR) is 315 cm³/mol. The SMILES string of the molecule is CC[C@H]1OC(=O)[C@H](C)[C@@H](O[C@H]2C[C@@](C)(OC)[C@@H](O)[C@H](C)O2)[C@H](C)[C@@H](O[C@@H]2O[C@H](C)C[C@@H](OC)[C@@H]2N(C)C)[C@](C)(OC)C[C@@H](C)C(=O)[C@H](C)[C@H]2[C@H](SCCN(Cc3c(Cl)cncc3Cl)c3ccc(OC)c(OC4CCCC4)c3)C(=O)O[C@@]21C. The second kappa shape index (κ2) is 28.2. The minimum atomic E-state index is -1.46. The summed E-state index contributed by atoms with van der Waals surface area (Å²) in [5, 5.41) is 11.2. The number of halogens is 2. The van der Waals surface area contributed by atoms with E-state index in [1.165, 1.54) is 18.9 Å². The second-order valence-corrected chi connectivity index (χ2v) is 26.5. The van der Waals surface area contributed by atoms with Gasteiger partial charge in [-0.25, -0.2) is 0 Å². The van der Waals surface area contributed by atoms with Crippen LogP contribution >= 0.6 is 35.0 Å². The van der Waals surface area contributed by atoms with E-state index in [9.17, 15) is 9.90 Å². The Kier molecular flexibility index (Phi) is 22.9. The Labute approximate surface area is 501 Å². The van der Waals surface area contributed by atoms with Gasteiger partial charge < -0.3 is 62.1 Å². The van der Waals surface area contributed by atoms with Crippen molar-refractivity contribution >= 4 is 58.4 Å². The fraction of sp³-hybridized carbons (Fsp3) is 0.770. The number of cyclic esters (lactones) is 1. The molecule has 1 aromatic heterocycles. The molecule has 1 saturated carbocycles. The van der Waals surface area contributed by atoms with Crippen LogP contribution in [0.3, 0.4) is 0 Å². The van der Waals surface area contributed by atoms with Gasteiger partial charge in [0.05, 0.1) is 76.9 Å². The van der Waals surface area contributed by atoms with Crippen molar-refractivity contribution in [3.05, 3.63) is 46.2 Å². The molecule has 1 aliphatic carbocycles. The number of anilines is 1. The quantitative estimate of drug-likeness (QED) is 0.131. The highest BCUT2D eigenvalue weighted by atomic mass is 35.5. The number of rotatable bonds is 19. The third-order valence-electron chi connectivity index (χ3n) is 18.5. The fourth-order valence-electron chi connectivity index (χ4n) is 13.7. The zero-order chi connectivity index (χ0) is 60.2. The van der Waals surface area contributed by atoms with Crippen LogP contribution in [-0.2, 0) is 63.6 Å². The maximum atomic E-state index is 15.6. The molecule has 2 aromatic rings. The van der Waals surface area contributed by atoms with Crippen LogP contribution in [0.2, 0.25) is 10.0 Å². The fourth-order valence-corrected chi connectivity index (χ4v) is 15.6. The first-order valence-electron chi connectivity index (χ1n) is 29.3. The Balaban J connectivity index is 1.27. The standard InChI is InChI=1S/C61H93Cl2N3O15S/c1-17-47-61(10)49(53(57(70)81-61)82-25-24-66(32-41-42(62)30-64-31-43(41)63)39-22-23-44(71-13)45(27-39)77-40-20-18-19-21-40)35(4)51(67)33(2)28-60(9,74-16)55(80-58-50(65(11)12)46(72-14)26-34(3)75-58)36(5)52(37(6)56(69)78-47)79-48-29-59(8,73-15)54(68)38(7)76-48/h22-23,27,30-31,33-38,40,46-50,52-55,58,68H,17-21,24-26,28-29,32H2,1-16H3/t33-,34-,35-,36+,37-,38+,46-,47-,48+,49+,50+,52+,53+,54+,55-,58+,59-,60-,61-/m1/s1. The predicted octanol–water partition coefficient (Wildman–Crippen LogP) is 9.75. The molecule has 7 rings (SSSR count). The zero-order valence-corrected chi connectivity index (χ0v) is 53.5. The average Bonchev–Trinajstić information content (AvgIpc) is 3.67. The number of aliphatic hydroxyl groups is 1. The summed E-state index contributed by atoms with van der Waals surface area (Å²) in [6.45, 7) is 19.2. The molecule has 0 spiro atoms.